The second-order valence-electron chi connectivity index (χ2n) is 4.60. The van der Waals surface area contributed by atoms with Gasteiger partial charge >= 0.3 is 0 Å². The molecule has 0 unspecified atom stereocenters. The monoisotopic (exact) mass is 243 g/mol. The van der Waals surface area contributed by atoms with Crippen LogP contribution in [0.5, 0.6) is 0 Å². The summed E-state index contributed by atoms with van der Waals surface area (Å²) in [5, 5.41) is 4.43. The van der Waals surface area contributed by atoms with E-state index in [1.807, 2.05) is 18.4 Å². The molecule has 1 aliphatic carbocycles. The molecule has 17 heavy (non-hydrogen) atoms. The Bertz CT molecular complexity index is 527. The molecule has 0 bridgehead atoms. The van der Waals surface area contributed by atoms with Crippen LogP contribution in [0, 0.1) is 0 Å². The van der Waals surface area contributed by atoms with Crippen LogP contribution < -0.4 is 5.32 Å². The highest BCUT2D eigenvalue weighted by Gasteiger charge is 2.10. The van der Waals surface area contributed by atoms with E-state index in [1.54, 1.807) is 11.1 Å². The third kappa shape index (κ3) is 2.09. The van der Waals surface area contributed by atoms with Crippen molar-refractivity contribution >= 4 is 16.3 Å². The summed E-state index contributed by atoms with van der Waals surface area (Å²) in [4.78, 5) is 1.36. The van der Waals surface area contributed by atoms with Gasteiger partial charge in [-0.2, -0.15) is 0 Å². The summed E-state index contributed by atoms with van der Waals surface area (Å²) in [6.07, 6.45) is 5.23. The second kappa shape index (κ2) is 4.53. The van der Waals surface area contributed by atoms with Gasteiger partial charge in [0.25, 0.3) is 0 Å². The van der Waals surface area contributed by atoms with Crippen LogP contribution in [-0.4, -0.2) is 7.05 Å². The number of nitrogens with one attached hydrogen (secondary N) is 1. The maximum Gasteiger partial charge on any atom is 0.0886 e. The minimum atomic E-state index is 1.23. The van der Waals surface area contributed by atoms with Gasteiger partial charge in [-0.3, -0.25) is 0 Å². The van der Waals surface area contributed by atoms with Gasteiger partial charge in [-0.05, 0) is 54.5 Å². The molecule has 1 N–H and O–H groups in total. The Morgan fingerprint density at radius 2 is 1.82 bits per heavy atom. The highest BCUT2D eigenvalue weighted by Crippen LogP contribution is 2.33. The fourth-order valence-corrected chi connectivity index (χ4v) is 3.37. The van der Waals surface area contributed by atoms with Gasteiger partial charge in [0.2, 0.25) is 0 Å². The maximum absolute atomic E-state index is 3.20. The molecule has 3 rings (SSSR count). The molecular weight excluding hydrogens is 226 g/mol. The highest BCUT2D eigenvalue weighted by molar-refractivity contribution is 7.19. The van der Waals surface area contributed by atoms with Crippen LogP contribution in [0.3, 0.4) is 0 Å². The van der Waals surface area contributed by atoms with Gasteiger partial charge in [0.1, 0.15) is 0 Å². The van der Waals surface area contributed by atoms with Gasteiger partial charge in [-0.1, -0.05) is 18.2 Å². The molecule has 0 fully saturated rings. The molecular formula is C15H17NS. The number of fused-ring (bicyclic) bond motifs is 1. The van der Waals surface area contributed by atoms with E-state index >= 15 is 0 Å². The van der Waals surface area contributed by atoms with Crippen molar-refractivity contribution in [2.24, 2.45) is 0 Å². The average Bonchev–Trinajstić information content (AvgIpc) is 2.87. The largest absolute Gasteiger partial charge is 0.380 e. The van der Waals surface area contributed by atoms with Crippen molar-refractivity contribution in [3.05, 3.63) is 41.5 Å². The molecule has 0 amide bonds. The lowest BCUT2D eigenvalue weighted by Crippen LogP contribution is -2.01. The zero-order chi connectivity index (χ0) is 11.7. The van der Waals surface area contributed by atoms with Crippen LogP contribution in [0.4, 0.5) is 5.00 Å². The zero-order valence-corrected chi connectivity index (χ0v) is 10.9. The Kier molecular flexibility index (Phi) is 2.89. The van der Waals surface area contributed by atoms with Gasteiger partial charge in [0.15, 0.2) is 0 Å². The number of aryl methyl sites for hydroxylation is 2. The molecule has 2 heteroatoms. The summed E-state index contributed by atoms with van der Waals surface area (Å²) in [5.74, 6) is 0. The van der Waals surface area contributed by atoms with E-state index in [-0.39, 0.29) is 0 Å². The number of hydrogen-bond donors (Lipinski definition) is 1. The first-order valence-corrected chi connectivity index (χ1v) is 7.08. The molecule has 0 spiro atoms. The van der Waals surface area contributed by atoms with E-state index in [9.17, 15) is 0 Å². The maximum atomic E-state index is 3.20. The predicted octanol–water partition coefficient (Wildman–Crippen LogP) is 4.34. The summed E-state index contributed by atoms with van der Waals surface area (Å²) >= 11 is 1.83. The molecule has 0 saturated carbocycles. The van der Waals surface area contributed by atoms with E-state index in [0.29, 0.717) is 0 Å². The first-order valence-electron chi connectivity index (χ1n) is 6.26. The van der Waals surface area contributed by atoms with Gasteiger partial charge in [-0.15, -0.1) is 11.3 Å². The summed E-state index contributed by atoms with van der Waals surface area (Å²) < 4.78 is 0. The van der Waals surface area contributed by atoms with Gasteiger partial charge in [-0.25, -0.2) is 0 Å². The molecule has 1 nitrogen and oxygen atoms in total. The minimum absolute atomic E-state index is 1.23. The van der Waals surface area contributed by atoms with Crippen LogP contribution in [0.1, 0.15) is 24.0 Å². The topological polar surface area (TPSA) is 12.0 Å². The molecule has 0 radical (unpaired) electrons. The first kappa shape index (κ1) is 10.8. The Hall–Kier alpha value is -1.28. The van der Waals surface area contributed by atoms with Crippen LogP contribution in [0.15, 0.2) is 30.3 Å². The van der Waals surface area contributed by atoms with E-state index in [0.717, 1.165) is 0 Å². The predicted molar refractivity (Wildman–Crippen MR) is 75.9 cm³/mol. The molecule has 1 aliphatic rings. The lowest BCUT2D eigenvalue weighted by Gasteiger charge is -2.16. The SMILES string of the molecule is CNc1ccc(-c2ccc3c(c2)CCCC3)s1. The Morgan fingerprint density at radius 3 is 2.59 bits per heavy atom. The van der Waals surface area contributed by atoms with Crippen molar-refractivity contribution in [2.45, 2.75) is 25.7 Å². The van der Waals surface area contributed by atoms with E-state index in [4.69, 9.17) is 0 Å². The molecule has 1 aromatic carbocycles. The Balaban J connectivity index is 1.97. The number of thiophene rings is 1. The fraction of sp³-hybridized carbons (Fsp3) is 0.333. The van der Waals surface area contributed by atoms with Crippen LogP contribution in [0.25, 0.3) is 10.4 Å². The normalized spacial score (nSPS) is 14.4. The summed E-state index contributed by atoms with van der Waals surface area (Å²) in [6, 6.07) is 11.3. The lowest BCUT2D eigenvalue weighted by molar-refractivity contribution is 0.686. The van der Waals surface area contributed by atoms with Crippen molar-refractivity contribution in [2.75, 3.05) is 12.4 Å². The lowest BCUT2D eigenvalue weighted by atomic mass is 9.90. The fourth-order valence-electron chi connectivity index (χ4n) is 2.51. The number of rotatable bonds is 2. The van der Waals surface area contributed by atoms with Crippen LogP contribution >= 0.6 is 11.3 Å². The van der Waals surface area contributed by atoms with Gasteiger partial charge in [0, 0.05) is 11.9 Å². The number of benzene rings is 1. The summed E-state index contributed by atoms with van der Waals surface area (Å²) in [5.41, 5.74) is 4.50. The van der Waals surface area contributed by atoms with E-state index in [2.05, 4.69) is 35.6 Å². The smallest absolute Gasteiger partial charge is 0.0886 e. The van der Waals surface area contributed by atoms with Crippen LogP contribution in [-0.2, 0) is 12.8 Å². The van der Waals surface area contributed by atoms with Gasteiger partial charge in [0.05, 0.1) is 5.00 Å². The standard InChI is InChI=1S/C15H17NS/c1-16-15-9-8-14(17-15)13-7-6-11-4-2-3-5-12(11)10-13/h6-10,16H,2-5H2,1H3. The van der Waals surface area contributed by atoms with Crippen molar-refractivity contribution in [3.63, 3.8) is 0 Å². The highest BCUT2D eigenvalue weighted by atomic mass is 32.1. The molecule has 0 saturated heterocycles. The van der Waals surface area contributed by atoms with Crippen molar-refractivity contribution in [1.29, 1.82) is 0 Å². The zero-order valence-electron chi connectivity index (χ0n) is 10.1. The molecule has 1 aromatic heterocycles. The molecule has 0 aliphatic heterocycles. The van der Waals surface area contributed by atoms with Crippen molar-refractivity contribution in [1.82, 2.24) is 0 Å². The molecule has 88 valence electrons. The minimum Gasteiger partial charge on any atom is -0.380 e. The van der Waals surface area contributed by atoms with Crippen molar-refractivity contribution in [3.8, 4) is 10.4 Å². The second-order valence-corrected chi connectivity index (χ2v) is 5.69. The Labute approximate surface area is 106 Å². The Morgan fingerprint density at radius 1 is 1.00 bits per heavy atom. The summed E-state index contributed by atoms with van der Waals surface area (Å²) in [6.45, 7) is 0. The van der Waals surface area contributed by atoms with Crippen LogP contribution in [0.2, 0.25) is 0 Å². The third-order valence-electron chi connectivity index (χ3n) is 3.49. The van der Waals surface area contributed by atoms with E-state index < -0.39 is 0 Å². The molecule has 0 atom stereocenters. The van der Waals surface area contributed by atoms with Crippen molar-refractivity contribution < 1.29 is 0 Å². The quantitative estimate of drug-likeness (QED) is 0.827. The summed E-state index contributed by atoms with van der Waals surface area (Å²) in [7, 11) is 1.97. The third-order valence-corrected chi connectivity index (χ3v) is 4.64. The van der Waals surface area contributed by atoms with Gasteiger partial charge < -0.3 is 5.32 Å². The van der Waals surface area contributed by atoms with E-state index in [1.165, 1.54) is 41.1 Å². The molecule has 2 aromatic rings. The first-order chi connectivity index (χ1) is 8.36. The number of anilines is 1. The molecule has 1 heterocycles. The average molecular weight is 243 g/mol. The number of hydrogen-bond acceptors (Lipinski definition) is 2.